The van der Waals surface area contributed by atoms with Gasteiger partial charge in [0.15, 0.2) is 5.96 Å². The zero-order valence-corrected chi connectivity index (χ0v) is 16.2. The number of nitro benzene ring substituents is 1. The second-order valence-electron chi connectivity index (χ2n) is 6.59. The maximum Gasteiger partial charge on any atom is 0.269 e. The minimum Gasteiger partial charge on any atom is -0.376 e. The minimum absolute atomic E-state index is 0.0788. The van der Waals surface area contributed by atoms with Crippen LogP contribution in [0.4, 0.5) is 5.69 Å². The van der Waals surface area contributed by atoms with Crippen molar-refractivity contribution in [3.05, 3.63) is 74.8 Å². The lowest BCUT2D eigenvalue weighted by Gasteiger charge is -2.16. The summed E-state index contributed by atoms with van der Waals surface area (Å²) in [5.41, 5.74) is 2.02. The van der Waals surface area contributed by atoms with Crippen LogP contribution in [0.2, 0.25) is 5.02 Å². The maximum absolute atomic E-state index is 10.8. The largest absolute Gasteiger partial charge is 0.376 e. The van der Waals surface area contributed by atoms with Crippen LogP contribution in [0.5, 0.6) is 0 Å². The molecule has 2 N–H and O–H groups in total. The number of guanidine groups is 1. The third-order valence-corrected chi connectivity index (χ3v) is 4.67. The summed E-state index contributed by atoms with van der Waals surface area (Å²) in [5.74, 6) is 0.661. The molecule has 1 saturated heterocycles. The van der Waals surface area contributed by atoms with Crippen LogP contribution < -0.4 is 10.6 Å². The minimum atomic E-state index is -0.405. The second kappa shape index (κ2) is 10.1. The highest BCUT2D eigenvalue weighted by Crippen LogP contribution is 2.13. The van der Waals surface area contributed by atoms with Crippen molar-refractivity contribution in [3.63, 3.8) is 0 Å². The van der Waals surface area contributed by atoms with Gasteiger partial charge in [0.2, 0.25) is 0 Å². The Morgan fingerprint density at radius 3 is 2.71 bits per heavy atom. The normalized spacial score (nSPS) is 16.8. The number of nitrogens with zero attached hydrogens (tertiary/aromatic N) is 2. The van der Waals surface area contributed by atoms with Crippen molar-refractivity contribution in [2.45, 2.75) is 32.0 Å². The summed E-state index contributed by atoms with van der Waals surface area (Å²) >= 11 is 6.04. The summed E-state index contributed by atoms with van der Waals surface area (Å²) in [4.78, 5) is 15.0. The van der Waals surface area contributed by atoms with Gasteiger partial charge in [0.1, 0.15) is 0 Å². The molecule has 28 heavy (non-hydrogen) atoms. The summed E-state index contributed by atoms with van der Waals surface area (Å²) in [7, 11) is 0. The van der Waals surface area contributed by atoms with Crippen molar-refractivity contribution in [1.29, 1.82) is 0 Å². The number of rotatable bonds is 7. The molecule has 1 atom stereocenters. The van der Waals surface area contributed by atoms with Gasteiger partial charge in [-0.05, 0) is 36.1 Å². The van der Waals surface area contributed by atoms with Crippen LogP contribution in [0.25, 0.3) is 0 Å². The lowest BCUT2D eigenvalue weighted by atomic mass is 10.2. The van der Waals surface area contributed by atoms with Crippen molar-refractivity contribution in [1.82, 2.24) is 10.6 Å². The second-order valence-corrected chi connectivity index (χ2v) is 7.02. The Morgan fingerprint density at radius 1 is 1.21 bits per heavy atom. The Kier molecular flexibility index (Phi) is 7.22. The lowest BCUT2D eigenvalue weighted by Crippen LogP contribution is -2.40. The highest BCUT2D eigenvalue weighted by Gasteiger charge is 2.15. The van der Waals surface area contributed by atoms with Crippen LogP contribution in [0, 0.1) is 10.1 Å². The molecular formula is C20H23ClN4O3. The number of ether oxygens (including phenoxy) is 1. The molecule has 0 amide bonds. The highest BCUT2D eigenvalue weighted by atomic mass is 35.5. The van der Waals surface area contributed by atoms with Gasteiger partial charge in [-0.1, -0.05) is 35.9 Å². The van der Waals surface area contributed by atoms with Crippen molar-refractivity contribution in [2.75, 3.05) is 13.2 Å². The van der Waals surface area contributed by atoms with Crippen LogP contribution in [0.15, 0.2) is 53.5 Å². The van der Waals surface area contributed by atoms with Gasteiger partial charge in [0.25, 0.3) is 5.69 Å². The Bertz CT molecular complexity index is 820. The Labute approximate surface area is 168 Å². The monoisotopic (exact) mass is 402 g/mol. The van der Waals surface area contributed by atoms with E-state index >= 15 is 0 Å². The number of benzene rings is 2. The molecule has 2 aromatic carbocycles. The fourth-order valence-electron chi connectivity index (χ4n) is 2.92. The first-order valence-corrected chi connectivity index (χ1v) is 9.59. The molecular weight excluding hydrogens is 380 g/mol. The molecule has 0 spiro atoms. The van der Waals surface area contributed by atoms with Gasteiger partial charge in [-0.15, -0.1) is 0 Å². The van der Waals surface area contributed by atoms with E-state index in [1.165, 1.54) is 12.1 Å². The molecule has 1 unspecified atom stereocenters. The van der Waals surface area contributed by atoms with Gasteiger partial charge in [0, 0.05) is 36.9 Å². The van der Waals surface area contributed by atoms with E-state index in [1.807, 2.05) is 24.3 Å². The van der Waals surface area contributed by atoms with Crippen molar-refractivity contribution in [2.24, 2.45) is 4.99 Å². The van der Waals surface area contributed by atoms with E-state index in [1.54, 1.807) is 12.1 Å². The van der Waals surface area contributed by atoms with Gasteiger partial charge >= 0.3 is 0 Å². The van der Waals surface area contributed by atoms with E-state index in [9.17, 15) is 10.1 Å². The maximum atomic E-state index is 10.8. The topological polar surface area (TPSA) is 88.8 Å². The average molecular weight is 403 g/mol. The molecule has 8 heteroatoms. The van der Waals surface area contributed by atoms with Crippen LogP contribution in [-0.2, 0) is 17.8 Å². The molecule has 0 radical (unpaired) electrons. The van der Waals surface area contributed by atoms with Gasteiger partial charge in [-0.3, -0.25) is 10.1 Å². The summed E-state index contributed by atoms with van der Waals surface area (Å²) in [5, 5.41) is 18.0. The van der Waals surface area contributed by atoms with E-state index in [0.29, 0.717) is 30.6 Å². The zero-order valence-electron chi connectivity index (χ0n) is 15.4. The molecule has 1 fully saturated rings. The summed E-state index contributed by atoms with van der Waals surface area (Å²) in [6, 6.07) is 14.1. The van der Waals surface area contributed by atoms with Crippen LogP contribution in [0.3, 0.4) is 0 Å². The first-order chi connectivity index (χ1) is 13.6. The molecule has 7 nitrogen and oxygen atoms in total. The number of hydrogen-bond donors (Lipinski definition) is 2. The molecule has 1 aliphatic heterocycles. The number of nitrogens with one attached hydrogen (secondary N) is 2. The van der Waals surface area contributed by atoms with Gasteiger partial charge < -0.3 is 15.4 Å². The molecule has 0 saturated carbocycles. The predicted octanol–water partition coefficient (Wildman–Crippen LogP) is 3.66. The first kappa shape index (κ1) is 20.1. The molecule has 1 heterocycles. The predicted molar refractivity (Wildman–Crippen MR) is 110 cm³/mol. The van der Waals surface area contributed by atoms with Crippen LogP contribution >= 0.6 is 11.6 Å². The Balaban J connectivity index is 1.62. The molecule has 3 rings (SSSR count). The van der Waals surface area contributed by atoms with E-state index in [-0.39, 0.29) is 11.8 Å². The molecule has 2 aromatic rings. The van der Waals surface area contributed by atoms with Crippen molar-refractivity contribution in [3.8, 4) is 0 Å². The third-order valence-electron chi connectivity index (χ3n) is 4.44. The fourth-order valence-corrected chi connectivity index (χ4v) is 3.13. The molecule has 0 aliphatic carbocycles. The Hall–Kier alpha value is -2.64. The number of non-ortho nitro benzene ring substituents is 1. The number of aliphatic imine (C=N–C) groups is 1. The first-order valence-electron chi connectivity index (χ1n) is 9.22. The molecule has 0 bridgehead atoms. The van der Waals surface area contributed by atoms with E-state index in [4.69, 9.17) is 16.3 Å². The van der Waals surface area contributed by atoms with Crippen molar-refractivity contribution >= 4 is 23.2 Å². The average Bonchev–Trinajstić information content (AvgIpc) is 3.21. The molecule has 0 aromatic heterocycles. The SMILES string of the molecule is O=[N+]([O-])c1ccc(CNC(=NCc2cccc(Cl)c2)NCC2CCCO2)cc1. The van der Waals surface area contributed by atoms with Gasteiger partial charge in [-0.2, -0.15) is 0 Å². The summed E-state index contributed by atoms with van der Waals surface area (Å²) in [6.07, 6.45) is 2.31. The smallest absolute Gasteiger partial charge is 0.269 e. The van der Waals surface area contributed by atoms with Crippen LogP contribution in [0.1, 0.15) is 24.0 Å². The van der Waals surface area contributed by atoms with Crippen LogP contribution in [-0.4, -0.2) is 30.1 Å². The number of halogens is 1. The quantitative estimate of drug-likeness (QED) is 0.319. The summed E-state index contributed by atoms with van der Waals surface area (Å²) < 4.78 is 5.65. The highest BCUT2D eigenvalue weighted by molar-refractivity contribution is 6.30. The number of nitro groups is 1. The van der Waals surface area contributed by atoms with Crippen molar-refractivity contribution < 1.29 is 9.66 Å². The third kappa shape index (κ3) is 6.21. The number of hydrogen-bond acceptors (Lipinski definition) is 4. The van der Waals surface area contributed by atoms with Gasteiger partial charge in [0.05, 0.1) is 17.6 Å². The van der Waals surface area contributed by atoms with E-state index < -0.39 is 4.92 Å². The van der Waals surface area contributed by atoms with Gasteiger partial charge in [-0.25, -0.2) is 4.99 Å². The fraction of sp³-hybridized carbons (Fsp3) is 0.350. The lowest BCUT2D eigenvalue weighted by molar-refractivity contribution is -0.384. The van der Waals surface area contributed by atoms with E-state index in [2.05, 4.69) is 15.6 Å². The zero-order chi connectivity index (χ0) is 19.8. The Morgan fingerprint density at radius 2 is 2.04 bits per heavy atom. The molecule has 148 valence electrons. The molecule has 1 aliphatic rings. The van der Waals surface area contributed by atoms with E-state index in [0.717, 1.165) is 30.6 Å². The summed E-state index contributed by atoms with van der Waals surface area (Å²) in [6.45, 7) is 2.48. The standard InChI is InChI=1S/C20H23ClN4O3/c21-17-4-1-3-16(11-17)13-23-20(24-14-19-5-2-10-28-19)22-12-15-6-8-18(9-7-15)25(26)27/h1,3-4,6-9,11,19H,2,5,10,12-14H2,(H2,22,23,24).